The number of rotatable bonds is 5. The molecule has 1 rings (SSSR count). The lowest BCUT2D eigenvalue weighted by atomic mass is 10.4. The molecule has 0 spiro atoms. The first-order chi connectivity index (χ1) is 7.26. The first-order valence-electron chi connectivity index (χ1n) is 5.13. The Morgan fingerprint density at radius 3 is 2.56 bits per heavy atom. The summed E-state index contributed by atoms with van der Waals surface area (Å²) in [6, 6.07) is 0. The quantitative estimate of drug-likeness (QED) is 0.459. The van der Waals surface area contributed by atoms with Crippen LogP contribution in [-0.2, 0) is 9.63 Å². The highest BCUT2D eigenvalue weighted by Gasteiger charge is 2.15. The average Bonchev–Trinajstić information content (AvgIpc) is 2.66. The lowest BCUT2D eigenvalue weighted by Gasteiger charge is -2.05. The Hall–Kier alpha value is -0.840. The van der Waals surface area contributed by atoms with Crippen molar-refractivity contribution in [2.24, 2.45) is 0 Å². The third kappa shape index (κ3) is 8.47. The summed E-state index contributed by atoms with van der Waals surface area (Å²) in [7, 11) is 0. The Kier molecular flexibility index (Phi) is 13.4. The van der Waals surface area contributed by atoms with Gasteiger partial charge in [-0.3, -0.25) is 4.79 Å². The fourth-order valence-corrected chi connectivity index (χ4v) is 1.08. The number of amides is 1. The molecule has 1 amide bonds. The molecule has 4 nitrogen and oxygen atoms in total. The van der Waals surface area contributed by atoms with Gasteiger partial charge in [-0.2, -0.15) is 5.48 Å². The highest BCUT2D eigenvalue weighted by Crippen LogP contribution is 2.08. The van der Waals surface area contributed by atoms with E-state index in [0.29, 0.717) is 19.6 Å². The highest BCUT2D eigenvalue weighted by molar-refractivity contribution is 5.85. The molecule has 1 fully saturated rings. The van der Waals surface area contributed by atoms with E-state index in [4.69, 9.17) is 4.84 Å². The van der Waals surface area contributed by atoms with Crippen LogP contribution in [0.3, 0.4) is 0 Å². The van der Waals surface area contributed by atoms with Crippen molar-refractivity contribution in [1.82, 2.24) is 10.4 Å². The van der Waals surface area contributed by atoms with Crippen LogP contribution >= 0.6 is 12.4 Å². The van der Waals surface area contributed by atoms with Crippen molar-refractivity contribution in [3.05, 3.63) is 25.4 Å². The average molecular weight is 249 g/mol. The van der Waals surface area contributed by atoms with Crippen molar-refractivity contribution in [3.8, 4) is 0 Å². The molecule has 16 heavy (non-hydrogen) atoms. The predicted octanol–water partition coefficient (Wildman–Crippen LogP) is 1.89. The third-order valence-electron chi connectivity index (χ3n) is 1.80. The van der Waals surface area contributed by atoms with Crippen molar-refractivity contribution in [3.63, 3.8) is 0 Å². The normalized spacial score (nSPS) is 13.6. The second-order valence-electron chi connectivity index (χ2n) is 2.94. The Bertz CT molecular complexity index is 210. The van der Waals surface area contributed by atoms with E-state index >= 15 is 0 Å². The molecule has 94 valence electrons. The van der Waals surface area contributed by atoms with E-state index in [1.807, 2.05) is 6.92 Å². The molecule has 1 aliphatic heterocycles. The molecule has 0 saturated carbocycles. The second kappa shape index (κ2) is 12.2. The van der Waals surface area contributed by atoms with Crippen LogP contribution in [0.4, 0.5) is 0 Å². The minimum Gasteiger partial charge on any atom is -0.320 e. The zero-order valence-corrected chi connectivity index (χ0v) is 10.6. The maximum atomic E-state index is 10.7. The van der Waals surface area contributed by atoms with Gasteiger partial charge in [-0.25, -0.2) is 0 Å². The maximum absolute atomic E-state index is 10.7. The fraction of sp³-hybridized carbons (Fsp3) is 0.545. The second-order valence-corrected chi connectivity index (χ2v) is 2.94. The van der Waals surface area contributed by atoms with E-state index in [0.717, 1.165) is 13.0 Å². The largest absolute Gasteiger partial charge is 0.320 e. The third-order valence-corrected chi connectivity index (χ3v) is 1.80. The summed E-state index contributed by atoms with van der Waals surface area (Å²) in [6.45, 7) is 11.2. The summed E-state index contributed by atoms with van der Waals surface area (Å²) in [5.74, 6) is 0.208. The first kappa shape index (κ1) is 17.6. The number of halogens is 1. The van der Waals surface area contributed by atoms with Gasteiger partial charge in [0.05, 0.1) is 6.61 Å². The molecule has 0 unspecified atom stereocenters. The van der Waals surface area contributed by atoms with Crippen LogP contribution in [0.5, 0.6) is 0 Å². The van der Waals surface area contributed by atoms with E-state index < -0.39 is 0 Å². The molecule has 1 heterocycles. The Morgan fingerprint density at radius 1 is 1.56 bits per heavy atom. The number of hydrogen-bond donors (Lipinski definition) is 1. The molecule has 0 aromatic rings. The van der Waals surface area contributed by atoms with Crippen LogP contribution in [0.25, 0.3) is 0 Å². The smallest absolute Gasteiger partial charge is 0.226 e. The topological polar surface area (TPSA) is 41.6 Å². The van der Waals surface area contributed by atoms with Gasteiger partial charge >= 0.3 is 0 Å². The summed E-state index contributed by atoms with van der Waals surface area (Å²) in [5, 5.41) is 0. The lowest BCUT2D eigenvalue weighted by Crippen LogP contribution is -2.16. The van der Waals surface area contributed by atoms with E-state index in [9.17, 15) is 4.79 Å². The number of nitrogens with one attached hydrogen (secondary N) is 1. The van der Waals surface area contributed by atoms with Gasteiger partial charge in [0.1, 0.15) is 0 Å². The van der Waals surface area contributed by atoms with Crippen molar-refractivity contribution in [2.45, 2.75) is 19.8 Å². The summed E-state index contributed by atoms with van der Waals surface area (Å²) in [5.41, 5.74) is 2.67. The predicted molar refractivity (Wildman–Crippen MR) is 68.2 cm³/mol. The lowest BCUT2D eigenvalue weighted by molar-refractivity contribution is -0.125. The number of hydroxylamine groups is 1. The number of carbonyl (C=O) groups is 1. The van der Waals surface area contributed by atoms with Crippen LogP contribution in [-0.4, -0.2) is 30.5 Å². The van der Waals surface area contributed by atoms with Gasteiger partial charge < -0.3 is 9.74 Å². The Morgan fingerprint density at radius 2 is 2.25 bits per heavy atom. The number of hydrogen-bond acceptors (Lipinski definition) is 3. The fourth-order valence-electron chi connectivity index (χ4n) is 1.08. The summed E-state index contributed by atoms with van der Waals surface area (Å²) >= 11 is 0. The van der Waals surface area contributed by atoms with Gasteiger partial charge in [-0.05, 0) is 19.5 Å². The monoisotopic (exact) mass is 248 g/mol. The first-order valence-corrected chi connectivity index (χ1v) is 5.13. The SMILES string of the molecule is C=CCNOCC.C=CN1CCCC1=O.Cl. The van der Waals surface area contributed by atoms with Gasteiger partial charge in [0.15, 0.2) is 0 Å². The summed E-state index contributed by atoms with van der Waals surface area (Å²) < 4.78 is 0. The van der Waals surface area contributed by atoms with Gasteiger partial charge in [-0.15, -0.1) is 19.0 Å². The van der Waals surface area contributed by atoms with Crippen LogP contribution < -0.4 is 5.48 Å². The molecule has 0 aromatic carbocycles. The minimum absolute atomic E-state index is 0. The molecule has 0 atom stereocenters. The molecule has 5 heteroatoms. The van der Waals surface area contributed by atoms with E-state index in [1.165, 1.54) is 0 Å². The molecule has 0 bridgehead atoms. The molecule has 0 aliphatic carbocycles. The van der Waals surface area contributed by atoms with Gasteiger partial charge in [0.25, 0.3) is 0 Å². The van der Waals surface area contributed by atoms with E-state index in [1.54, 1.807) is 17.2 Å². The molecule has 0 aromatic heterocycles. The molecule has 1 N–H and O–H groups in total. The van der Waals surface area contributed by atoms with Crippen molar-refractivity contribution in [2.75, 3.05) is 19.7 Å². The molecule has 0 radical (unpaired) electrons. The zero-order valence-electron chi connectivity index (χ0n) is 9.78. The van der Waals surface area contributed by atoms with Crippen LogP contribution in [0, 0.1) is 0 Å². The highest BCUT2D eigenvalue weighted by atomic mass is 35.5. The van der Waals surface area contributed by atoms with Gasteiger partial charge in [0.2, 0.25) is 5.91 Å². The van der Waals surface area contributed by atoms with Crippen LogP contribution in [0.15, 0.2) is 25.4 Å². The Labute approximate surface area is 104 Å². The van der Waals surface area contributed by atoms with E-state index in [2.05, 4.69) is 18.6 Å². The standard InChI is InChI=1S/C6H9NO.C5H11NO.ClH/c1-2-7-5-3-4-6(7)8;1-3-5-6-7-4-2;/h2H,1,3-5H2;3,6H,1,4-5H2,2H3;1H. The van der Waals surface area contributed by atoms with Crippen molar-refractivity contribution in [1.29, 1.82) is 0 Å². The minimum atomic E-state index is 0. The molecule has 1 saturated heterocycles. The zero-order chi connectivity index (χ0) is 11.5. The van der Waals surface area contributed by atoms with Crippen LogP contribution in [0.2, 0.25) is 0 Å². The van der Waals surface area contributed by atoms with Crippen molar-refractivity contribution >= 4 is 18.3 Å². The molecular weight excluding hydrogens is 228 g/mol. The number of likely N-dealkylation sites (tertiary alicyclic amines) is 1. The number of nitrogens with zero attached hydrogens (tertiary/aromatic N) is 1. The van der Waals surface area contributed by atoms with Crippen molar-refractivity contribution < 1.29 is 9.63 Å². The summed E-state index contributed by atoms with van der Waals surface area (Å²) in [6.07, 6.45) is 5.03. The van der Waals surface area contributed by atoms with Crippen LogP contribution in [0.1, 0.15) is 19.8 Å². The maximum Gasteiger partial charge on any atom is 0.226 e. The Balaban J connectivity index is 0. The summed E-state index contributed by atoms with van der Waals surface area (Å²) in [4.78, 5) is 17.1. The van der Waals surface area contributed by atoms with Gasteiger partial charge in [0, 0.05) is 19.5 Å². The molecular formula is C11H21ClN2O2. The van der Waals surface area contributed by atoms with Gasteiger partial charge in [-0.1, -0.05) is 12.7 Å². The molecule has 1 aliphatic rings. The number of carbonyl (C=O) groups excluding carboxylic acids is 1. The van der Waals surface area contributed by atoms with E-state index in [-0.39, 0.29) is 18.3 Å².